The van der Waals surface area contributed by atoms with Crippen molar-refractivity contribution in [2.45, 2.75) is 6.61 Å². The van der Waals surface area contributed by atoms with Gasteiger partial charge in [0, 0.05) is 16.1 Å². The van der Waals surface area contributed by atoms with E-state index in [1.165, 1.54) is 0 Å². The number of rotatable bonds is 5. The van der Waals surface area contributed by atoms with E-state index >= 15 is 0 Å². The molecule has 0 unspecified atom stereocenters. The molecule has 4 nitrogen and oxygen atoms in total. The van der Waals surface area contributed by atoms with Crippen LogP contribution in [0.25, 0.3) is 0 Å². The van der Waals surface area contributed by atoms with E-state index in [1.54, 1.807) is 53.8 Å². The Balaban J connectivity index is 1.68. The molecule has 0 aliphatic heterocycles. The number of ether oxygens (including phenoxy) is 1. The second-order valence-electron chi connectivity index (χ2n) is 5.04. The van der Waals surface area contributed by atoms with Crippen molar-refractivity contribution in [1.82, 2.24) is 0 Å². The van der Waals surface area contributed by atoms with Crippen molar-refractivity contribution < 1.29 is 9.53 Å². The van der Waals surface area contributed by atoms with E-state index in [-0.39, 0.29) is 5.91 Å². The molecule has 3 rings (SSSR count). The lowest BCUT2D eigenvalue weighted by atomic mass is 10.1. The molecule has 2 aromatic carbocycles. The summed E-state index contributed by atoms with van der Waals surface area (Å²) in [5.74, 6) is 0.397. The fourth-order valence-corrected chi connectivity index (χ4v) is 2.76. The number of anilines is 1. The highest BCUT2D eigenvalue weighted by Gasteiger charge is 2.08. The fourth-order valence-electron chi connectivity index (χ4n) is 2.15. The van der Waals surface area contributed by atoms with Crippen molar-refractivity contribution in [3.63, 3.8) is 0 Å². The average molecular weight is 334 g/mol. The van der Waals surface area contributed by atoms with Crippen LogP contribution in [0, 0.1) is 11.3 Å². The largest absolute Gasteiger partial charge is 0.488 e. The first-order valence-electron chi connectivity index (χ1n) is 7.31. The number of nitrogens with zero attached hydrogens (tertiary/aromatic N) is 1. The molecule has 1 amide bonds. The van der Waals surface area contributed by atoms with Gasteiger partial charge in [-0.3, -0.25) is 4.79 Å². The number of nitriles is 1. The molecule has 1 N–H and O–H groups in total. The molecule has 118 valence electrons. The minimum atomic E-state index is -0.244. The van der Waals surface area contributed by atoms with Crippen LogP contribution in [0.2, 0.25) is 0 Å². The van der Waals surface area contributed by atoms with Gasteiger partial charge in [-0.2, -0.15) is 5.26 Å². The zero-order valence-electron chi connectivity index (χ0n) is 12.7. The van der Waals surface area contributed by atoms with Crippen molar-refractivity contribution in [2.75, 3.05) is 5.32 Å². The molecule has 0 atom stereocenters. The van der Waals surface area contributed by atoms with Crippen LogP contribution in [-0.4, -0.2) is 5.91 Å². The molecule has 1 aromatic heterocycles. The van der Waals surface area contributed by atoms with Gasteiger partial charge in [-0.1, -0.05) is 18.2 Å². The highest BCUT2D eigenvalue weighted by molar-refractivity contribution is 7.09. The summed E-state index contributed by atoms with van der Waals surface area (Å²) in [7, 11) is 0. The topological polar surface area (TPSA) is 62.1 Å². The summed E-state index contributed by atoms with van der Waals surface area (Å²) in [6.45, 7) is 0.479. The van der Waals surface area contributed by atoms with Crippen LogP contribution in [0.3, 0.4) is 0 Å². The minimum Gasteiger partial charge on any atom is -0.488 e. The van der Waals surface area contributed by atoms with Gasteiger partial charge < -0.3 is 10.1 Å². The number of amides is 1. The molecule has 0 radical (unpaired) electrons. The molecule has 0 aliphatic rings. The number of carbonyl (C=O) groups excluding carboxylic acids is 1. The van der Waals surface area contributed by atoms with E-state index in [0.717, 1.165) is 4.88 Å². The third-order valence-corrected chi connectivity index (χ3v) is 4.16. The van der Waals surface area contributed by atoms with E-state index in [0.29, 0.717) is 29.2 Å². The van der Waals surface area contributed by atoms with Gasteiger partial charge in [-0.25, -0.2) is 0 Å². The molecule has 0 saturated heterocycles. The van der Waals surface area contributed by atoms with Gasteiger partial charge >= 0.3 is 0 Å². The molecule has 0 saturated carbocycles. The minimum absolute atomic E-state index is 0.244. The molecular formula is C19H14N2O2S. The van der Waals surface area contributed by atoms with E-state index in [2.05, 4.69) is 5.32 Å². The van der Waals surface area contributed by atoms with Crippen molar-refractivity contribution in [2.24, 2.45) is 0 Å². The summed E-state index contributed by atoms with van der Waals surface area (Å²) >= 11 is 1.63. The summed E-state index contributed by atoms with van der Waals surface area (Å²) in [5.41, 5.74) is 1.59. The van der Waals surface area contributed by atoms with Crippen molar-refractivity contribution >= 4 is 22.9 Å². The number of hydrogen-bond donors (Lipinski definition) is 1. The average Bonchev–Trinajstić information content (AvgIpc) is 3.14. The monoisotopic (exact) mass is 334 g/mol. The van der Waals surface area contributed by atoms with Crippen LogP contribution in [0.15, 0.2) is 66.0 Å². The maximum atomic E-state index is 12.4. The first-order chi connectivity index (χ1) is 11.7. The molecule has 5 heteroatoms. The smallest absolute Gasteiger partial charge is 0.255 e. The maximum absolute atomic E-state index is 12.4. The Morgan fingerprint density at radius 3 is 2.79 bits per heavy atom. The number of carbonyl (C=O) groups is 1. The Morgan fingerprint density at radius 2 is 2.00 bits per heavy atom. The molecule has 0 aliphatic carbocycles. The SMILES string of the molecule is N#Cc1cccc(NC(=O)c2cccc(OCc3cccs3)c2)c1. The highest BCUT2D eigenvalue weighted by atomic mass is 32.1. The molecule has 0 fully saturated rings. The number of nitrogens with one attached hydrogen (secondary N) is 1. The summed E-state index contributed by atoms with van der Waals surface area (Å²) in [6.07, 6.45) is 0. The van der Waals surface area contributed by atoms with E-state index < -0.39 is 0 Å². The Bertz CT molecular complexity index is 882. The highest BCUT2D eigenvalue weighted by Crippen LogP contribution is 2.18. The Hall–Kier alpha value is -3.10. The summed E-state index contributed by atoms with van der Waals surface area (Å²) in [6, 6.07) is 19.9. The molecule has 24 heavy (non-hydrogen) atoms. The van der Waals surface area contributed by atoms with E-state index in [9.17, 15) is 4.79 Å². The van der Waals surface area contributed by atoms with Crippen molar-refractivity contribution in [3.8, 4) is 11.8 Å². The fraction of sp³-hybridized carbons (Fsp3) is 0.0526. The van der Waals surface area contributed by atoms with Gasteiger partial charge in [0.15, 0.2) is 0 Å². The third kappa shape index (κ3) is 4.00. The molecule has 1 heterocycles. The number of hydrogen-bond acceptors (Lipinski definition) is 4. The van der Waals surface area contributed by atoms with Crippen LogP contribution in [0.5, 0.6) is 5.75 Å². The van der Waals surface area contributed by atoms with Gasteiger partial charge in [-0.15, -0.1) is 11.3 Å². The molecular weight excluding hydrogens is 320 g/mol. The van der Waals surface area contributed by atoms with Gasteiger partial charge in [0.05, 0.1) is 11.6 Å². The van der Waals surface area contributed by atoms with Gasteiger partial charge in [0.2, 0.25) is 0 Å². The second kappa shape index (κ2) is 7.44. The second-order valence-corrected chi connectivity index (χ2v) is 6.07. The number of benzene rings is 2. The van der Waals surface area contributed by atoms with Crippen LogP contribution >= 0.6 is 11.3 Å². The molecule has 0 bridgehead atoms. The quantitative estimate of drug-likeness (QED) is 0.750. The predicted octanol–water partition coefficient (Wildman–Crippen LogP) is 4.45. The summed E-state index contributed by atoms with van der Waals surface area (Å²) in [4.78, 5) is 13.5. The van der Waals surface area contributed by atoms with Crippen molar-refractivity contribution in [3.05, 3.63) is 82.0 Å². The number of thiophene rings is 1. The van der Waals surface area contributed by atoms with Crippen LogP contribution in [0.4, 0.5) is 5.69 Å². The summed E-state index contributed by atoms with van der Waals surface area (Å²) < 4.78 is 5.72. The normalized spacial score (nSPS) is 9.96. The van der Waals surface area contributed by atoms with Gasteiger partial charge in [-0.05, 0) is 47.8 Å². The van der Waals surface area contributed by atoms with Crippen molar-refractivity contribution in [1.29, 1.82) is 5.26 Å². The van der Waals surface area contributed by atoms with Crippen LogP contribution < -0.4 is 10.1 Å². The molecule has 0 spiro atoms. The Kier molecular flexibility index (Phi) is 4.90. The molecule has 3 aromatic rings. The Morgan fingerprint density at radius 1 is 1.12 bits per heavy atom. The predicted molar refractivity (Wildman–Crippen MR) is 94.2 cm³/mol. The van der Waals surface area contributed by atoms with Gasteiger partial charge in [0.25, 0.3) is 5.91 Å². The van der Waals surface area contributed by atoms with Gasteiger partial charge in [0.1, 0.15) is 12.4 Å². The zero-order valence-corrected chi connectivity index (χ0v) is 13.5. The third-order valence-electron chi connectivity index (χ3n) is 3.31. The summed E-state index contributed by atoms with van der Waals surface area (Å²) in [5, 5.41) is 13.7. The lowest BCUT2D eigenvalue weighted by Gasteiger charge is -2.08. The Labute approximate surface area is 143 Å². The standard InChI is InChI=1S/C19H14N2O2S/c20-12-14-4-1-6-16(10-14)21-19(22)15-5-2-7-17(11-15)23-13-18-8-3-9-24-18/h1-11H,13H2,(H,21,22). The maximum Gasteiger partial charge on any atom is 0.255 e. The van der Waals surface area contributed by atoms with Crippen LogP contribution in [-0.2, 0) is 6.61 Å². The first kappa shape index (κ1) is 15.8. The zero-order chi connectivity index (χ0) is 16.8. The van der Waals surface area contributed by atoms with E-state index in [1.807, 2.05) is 29.6 Å². The lowest BCUT2D eigenvalue weighted by Crippen LogP contribution is -2.12. The lowest BCUT2D eigenvalue weighted by molar-refractivity contribution is 0.102. The first-order valence-corrected chi connectivity index (χ1v) is 8.19. The van der Waals surface area contributed by atoms with Crippen LogP contribution in [0.1, 0.15) is 20.8 Å². The van der Waals surface area contributed by atoms with E-state index in [4.69, 9.17) is 10.00 Å².